The van der Waals surface area contributed by atoms with Gasteiger partial charge >= 0.3 is 0 Å². The third-order valence-corrected chi connectivity index (χ3v) is 3.20. The lowest BCUT2D eigenvalue weighted by atomic mass is 10.3. The third-order valence-electron chi connectivity index (χ3n) is 1.99. The zero-order valence-electron chi connectivity index (χ0n) is 8.90. The molecule has 2 aromatic heterocycles. The number of rotatable bonds is 2. The normalized spacial score (nSPS) is 10.2. The molecule has 0 bridgehead atoms. The molecule has 0 aliphatic carbocycles. The average molecular weight is 269 g/mol. The van der Waals surface area contributed by atoms with Crippen molar-refractivity contribution in [1.82, 2.24) is 9.97 Å². The molecular formula is C10H9ClN4OS. The molecule has 88 valence electrons. The minimum atomic E-state index is -0.272. The Bertz CT molecular complexity index is 552. The van der Waals surface area contributed by atoms with E-state index in [0.717, 1.165) is 11.3 Å². The monoisotopic (exact) mass is 268 g/mol. The van der Waals surface area contributed by atoms with Crippen LogP contribution in [0, 0.1) is 6.92 Å². The molecule has 2 aromatic rings. The molecule has 1 amide bonds. The number of halogens is 1. The molecule has 17 heavy (non-hydrogen) atoms. The molecule has 0 saturated heterocycles. The predicted molar refractivity (Wildman–Crippen MR) is 68.5 cm³/mol. The summed E-state index contributed by atoms with van der Waals surface area (Å²) in [6, 6.07) is 3.28. The van der Waals surface area contributed by atoms with Crippen molar-refractivity contribution in [1.29, 1.82) is 0 Å². The zero-order chi connectivity index (χ0) is 12.4. The molecule has 2 rings (SSSR count). The lowest BCUT2D eigenvalue weighted by Crippen LogP contribution is -2.12. The van der Waals surface area contributed by atoms with Crippen LogP contribution in [0.1, 0.15) is 15.4 Å². The number of nitrogens with zero attached hydrogens (tertiary/aromatic N) is 2. The van der Waals surface area contributed by atoms with Crippen molar-refractivity contribution in [2.45, 2.75) is 6.92 Å². The second kappa shape index (κ2) is 4.68. The molecule has 0 aromatic carbocycles. The molecule has 3 N–H and O–H groups in total. The first-order chi connectivity index (χ1) is 8.06. The molecule has 0 aliphatic rings. The first kappa shape index (κ1) is 11.8. The number of pyridine rings is 1. The van der Waals surface area contributed by atoms with Gasteiger partial charge in [-0.2, -0.15) is 0 Å². The fraction of sp³-hybridized carbons (Fsp3) is 0.100. The summed E-state index contributed by atoms with van der Waals surface area (Å²) < 4.78 is 0. The summed E-state index contributed by atoms with van der Waals surface area (Å²) in [5.41, 5.74) is 6.13. The van der Waals surface area contributed by atoms with Crippen LogP contribution < -0.4 is 11.1 Å². The molecule has 0 fully saturated rings. The number of carbonyl (C=O) groups excluding carboxylic acids is 1. The number of nitrogens with one attached hydrogen (secondary N) is 1. The van der Waals surface area contributed by atoms with Gasteiger partial charge < -0.3 is 11.1 Å². The van der Waals surface area contributed by atoms with E-state index >= 15 is 0 Å². The highest BCUT2D eigenvalue weighted by molar-refractivity contribution is 7.17. The highest BCUT2D eigenvalue weighted by atomic mass is 35.5. The predicted octanol–water partition coefficient (Wildman–Crippen LogP) is 2.33. The van der Waals surface area contributed by atoms with E-state index in [1.54, 1.807) is 19.1 Å². The molecule has 0 spiro atoms. The SMILES string of the molecule is Cc1nc(N)sc1C(=O)Nc1ccc(Cl)cn1. The Morgan fingerprint density at radius 3 is 2.82 bits per heavy atom. The van der Waals surface area contributed by atoms with Gasteiger partial charge in [0.15, 0.2) is 5.13 Å². The van der Waals surface area contributed by atoms with Gasteiger partial charge in [-0.15, -0.1) is 0 Å². The van der Waals surface area contributed by atoms with Crippen LogP contribution in [-0.4, -0.2) is 15.9 Å². The molecule has 5 nitrogen and oxygen atoms in total. The fourth-order valence-electron chi connectivity index (χ4n) is 1.25. The summed E-state index contributed by atoms with van der Waals surface area (Å²) in [6.07, 6.45) is 1.46. The van der Waals surface area contributed by atoms with Crippen molar-refractivity contribution in [3.8, 4) is 0 Å². The highest BCUT2D eigenvalue weighted by Gasteiger charge is 2.14. The Balaban J connectivity index is 2.17. The largest absolute Gasteiger partial charge is 0.375 e. The van der Waals surface area contributed by atoms with Crippen molar-refractivity contribution in [2.24, 2.45) is 0 Å². The maximum Gasteiger partial charge on any atom is 0.268 e. The summed E-state index contributed by atoms with van der Waals surface area (Å²) in [5, 5.41) is 3.53. The van der Waals surface area contributed by atoms with Crippen LogP contribution >= 0.6 is 22.9 Å². The Kier molecular flexibility index (Phi) is 3.26. The zero-order valence-corrected chi connectivity index (χ0v) is 10.5. The summed E-state index contributed by atoms with van der Waals surface area (Å²) in [7, 11) is 0. The number of amides is 1. The number of aryl methyl sites for hydroxylation is 1. The molecular weight excluding hydrogens is 260 g/mol. The second-order valence-electron chi connectivity index (χ2n) is 3.28. The number of thiazole rings is 1. The number of hydrogen-bond acceptors (Lipinski definition) is 5. The maximum absolute atomic E-state index is 11.9. The van der Waals surface area contributed by atoms with Crippen LogP contribution in [0.25, 0.3) is 0 Å². The summed E-state index contributed by atoms with van der Waals surface area (Å²) in [4.78, 5) is 20.3. The molecule has 0 atom stereocenters. The van der Waals surface area contributed by atoms with E-state index in [1.165, 1.54) is 6.20 Å². The highest BCUT2D eigenvalue weighted by Crippen LogP contribution is 2.20. The van der Waals surface area contributed by atoms with Gasteiger partial charge in [0.1, 0.15) is 10.7 Å². The van der Waals surface area contributed by atoms with Crippen LogP contribution in [0.5, 0.6) is 0 Å². The topological polar surface area (TPSA) is 80.9 Å². The van der Waals surface area contributed by atoms with Gasteiger partial charge in [0.2, 0.25) is 0 Å². The standard InChI is InChI=1S/C10H9ClN4OS/c1-5-8(17-10(12)14-5)9(16)15-7-3-2-6(11)4-13-7/h2-4H,1H3,(H2,12,14)(H,13,15,16). The lowest BCUT2D eigenvalue weighted by molar-refractivity contribution is 0.102. The molecule has 0 saturated carbocycles. The van der Waals surface area contributed by atoms with Crippen molar-refractivity contribution < 1.29 is 4.79 Å². The Labute approximate surface area is 107 Å². The smallest absolute Gasteiger partial charge is 0.268 e. The van der Waals surface area contributed by atoms with Gasteiger partial charge in [0, 0.05) is 6.20 Å². The number of carbonyl (C=O) groups is 1. The van der Waals surface area contributed by atoms with E-state index in [9.17, 15) is 4.79 Å². The minimum Gasteiger partial charge on any atom is -0.375 e. The third kappa shape index (κ3) is 2.72. The molecule has 0 unspecified atom stereocenters. The molecule has 0 radical (unpaired) electrons. The second-order valence-corrected chi connectivity index (χ2v) is 4.75. The Morgan fingerprint density at radius 1 is 1.53 bits per heavy atom. The maximum atomic E-state index is 11.9. The first-order valence-corrected chi connectivity index (χ1v) is 5.91. The van der Waals surface area contributed by atoms with E-state index in [-0.39, 0.29) is 5.91 Å². The molecule has 7 heteroatoms. The van der Waals surface area contributed by atoms with Crippen molar-refractivity contribution in [2.75, 3.05) is 11.1 Å². The summed E-state index contributed by atoms with van der Waals surface area (Å²) >= 11 is 6.84. The van der Waals surface area contributed by atoms with Crippen LogP contribution in [0.2, 0.25) is 5.02 Å². The van der Waals surface area contributed by atoms with Gasteiger partial charge in [-0.1, -0.05) is 22.9 Å². The van der Waals surface area contributed by atoms with Crippen molar-refractivity contribution in [3.05, 3.63) is 33.9 Å². The number of hydrogen-bond donors (Lipinski definition) is 2. The Hall–Kier alpha value is -1.66. The fourth-order valence-corrected chi connectivity index (χ4v) is 2.09. The van der Waals surface area contributed by atoms with E-state index in [0.29, 0.717) is 26.5 Å². The van der Waals surface area contributed by atoms with E-state index < -0.39 is 0 Å². The number of nitrogens with two attached hydrogens (primary N) is 1. The number of nitrogen functional groups attached to an aromatic ring is 1. The van der Waals surface area contributed by atoms with E-state index in [4.69, 9.17) is 17.3 Å². The van der Waals surface area contributed by atoms with Gasteiger partial charge in [-0.3, -0.25) is 4.79 Å². The van der Waals surface area contributed by atoms with Crippen LogP contribution in [-0.2, 0) is 0 Å². The van der Waals surface area contributed by atoms with Gasteiger partial charge in [0.05, 0.1) is 10.7 Å². The van der Waals surface area contributed by atoms with Crippen LogP contribution in [0.3, 0.4) is 0 Å². The number of anilines is 2. The van der Waals surface area contributed by atoms with Gasteiger partial charge in [-0.25, -0.2) is 9.97 Å². The van der Waals surface area contributed by atoms with Crippen molar-refractivity contribution in [3.63, 3.8) is 0 Å². The van der Waals surface area contributed by atoms with Crippen molar-refractivity contribution >= 4 is 39.8 Å². The summed E-state index contributed by atoms with van der Waals surface area (Å²) in [6.45, 7) is 1.73. The summed E-state index contributed by atoms with van der Waals surface area (Å²) in [5.74, 6) is 0.164. The van der Waals surface area contributed by atoms with E-state index in [2.05, 4.69) is 15.3 Å². The first-order valence-electron chi connectivity index (χ1n) is 4.72. The number of aromatic nitrogens is 2. The average Bonchev–Trinajstić information content (AvgIpc) is 2.61. The van der Waals surface area contributed by atoms with Gasteiger partial charge in [0.25, 0.3) is 5.91 Å². The van der Waals surface area contributed by atoms with Crippen LogP contribution in [0.4, 0.5) is 10.9 Å². The Morgan fingerprint density at radius 2 is 2.29 bits per heavy atom. The molecule has 0 aliphatic heterocycles. The quantitative estimate of drug-likeness (QED) is 0.876. The molecule has 2 heterocycles. The van der Waals surface area contributed by atoms with E-state index in [1.807, 2.05) is 0 Å². The van der Waals surface area contributed by atoms with Gasteiger partial charge in [-0.05, 0) is 19.1 Å². The minimum absolute atomic E-state index is 0.272. The lowest BCUT2D eigenvalue weighted by Gasteiger charge is -2.02. The van der Waals surface area contributed by atoms with Crippen LogP contribution in [0.15, 0.2) is 18.3 Å².